The number of aromatic nitrogens is 1. The molecule has 9 heteroatoms. The highest BCUT2D eigenvalue weighted by atomic mass is 32.1. The minimum Gasteiger partial charge on any atom is -0.497 e. The van der Waals surface area contributed by atoms with Crippen LogP contribution in [0.3, 0.4) is 0 Å². The summed E-state index contributed by atoms with van der Waals surface area (Å²) in [5, 5.41) is 0. The average molecular weight is 464 g/mol. The maximum absolute atomic E-state index is 14.4. The van der Waals surface area contributed by atoms with Gasteiger partial charge in [-0.25, -0.2) is 8.78 Å². The highest BCUT2D eigenvalue weighted by Crippen LogP contribution is 2.36. The van der Waals surface area contributed by atoms with Gasteiger partial charge in [0.15, 0.2) is 17.4 Å². The molecule has 0 bridgehead atoms. The lowest BCUT2D eigenvalue weighted by Gasteiger charge is -2.11. The summed E-state index contributed by atoms with van der Waals surface area (Å²) >= 11 is 1.24. The molecule has 6 nitrogen and oxygen atoms in total. The van der Waals surface area contributed by atoms with E-state index in [9.17, 15) is 8.78 Å². The molecule has 0 amide bonds. The van der Waals surface area contributed by atoms with Crippen molar-refractivity contribution in [2.75, 3.05) is 14.2 Å². The third kappa shape index (κ3) is 6.35. The van der Waals surface area contributed by atoms with Crippen LogP contribution >= 0.6 is 11.5 Å². The molecule has 0 fully saturated rings. The van der Waals surface area contributed by atoms with E-state index in [1.807, 2.05) is 31.2 Å². The molecule has 3 rings (SSSR count). The van der Waals surface area contributed by atoms with Crippen LogP contribution in [-0.4, -0.2) is 24.7 Å². The summed E-state index contributed by atoms with van der Waals surface area (Å²) in [5.74, 6) is -0.691. The Hall–Kier alpha value is -3.29. The SMILES string of the molecule is CCCCc1cc(F)c(OCc2c(OC)nsc2-c2ccc(OC)cc2)c(F)c1.O=C=O. The smallest absolute Gasteiger partial charge is 0.373 e. The summed E-state index contributed by atoms with van der Waals surface area (Å²) in [4.78, 5) is 17.1. The van der Waals surface area contributed by atoms with Crippen LogP contribution in [0.15, 0.2) is 36.4 Å². The molecule has 2 aromatic carbocycles. The molecular formula is C23H23F2NO5S. The van der Waals surface area contributed by atoms with E-state index >= 15 is 0 Å². The van der Waals surface area contributed by atoms with E-state index in [1.165, 1.54) is 30.8 Å². The van der Waals surface area contributed by atoms with Gasteiger partial charge in [0.2, 0.25) is 5.88 Å². The minimum atomic E-state index is -0.704. The molecule has 0 radical (unpaired) electrons. The lowest BCUT2D eigenvalue weighted by Crippen LogP contribution is -2.03. The van der Waals surface area contributed by atoms with Crippen molar-refractivity contribution in [1.29, 1.82) is 0 Å². The Kier molecular flexibility index (Phi) is 9.78. The maximum atomic E-state index is 14.4. The largest absolute Gasteiger partial charge is 0.497 e. The number of carbonyl (C=O) groups excluding carboxylic acids is 2. The first kappa shape index (κ1) is 25.0. The zero-order chi connectivity index (χ0) is 23.5. The molecule has 0 spiro atoms. The van der Waals surface area contributed by atoms with E-state index in [2.05, 4.69) is 4.37 Å². The Morgan fingerprint density at radius 1 is 1.03 bits per heavy atom. The molecule has 32 heavy (non-hydrogen) atoms. The van der Waals surface area contributed by atoms with E-state index < -0.39 is 11.6 Å². The van der Waals surface area contributed by atoms with Crippen LogP contribution in [0.4, 0.5) is 8.78 Å². The molecule has 0 saturated carbocycles. The van der Waals surface area contributed by atoms with E-state index in [0.717, 1.165) is 29.0 Å². The van der Waals surface area contributed by atoms with E-state index in [-0.39, 0.29) is 18.5 Å². The van der Waals surface area contributed by atoms with Gasteiger partial charge >= 0.3 is 6.15 Å². The Morgan fingerprint density at radius 2 is 1.66 bits per heavy atom. The number of aryl methyl sites for hydroxylation is 1. The third-order valence-corrected chi connectivity index (χ3v) is 5.46. The molecule has 0 aliphatic carbocycles. The average Bonchev–Trinajstić information content (AvgIpc) is 3.20. The highest BCUT2D eigenvalue weighted by molar-refractivity contribution is 7.10. The fourth-order valence-electron chi connectivity index (χ4n) is 2.97. The van der Waals surface area contributed by atoms with Gasteiger partial charge in [-0.2, -0.15) is 14.0 Å². The Balaban J connectivity index is 0.00000114. The third-order valence-electron chi connectivity index (χ3n) is 4.54. The van der Waals surface area contributed by atoms with Gasteiger partial charge in [0.05, 0.1) is 24.7 Å². The second-order valence-corrected chi connectivity index (χ2v) is 7.37. The normalized spacial score (nSPS) is 10.0. The highest BCUT2D eigenvalue weighted by Gasteiger charge is 2.19. The summed E-state index contributed by atoms with van der Waals surface area (Å²) in [6, 6.07) is 10.1. The topological polar surface area (TPSA) is 74.7 Å². The summed E-state index contributed by atoms with van der Waals surface area (Å²) in [5.41, 5.74) is 2.15. The molecule has 0 saturated heterocycles. The first-order valence-electron chi connectivity index (χ1n) is 9.75. The molecule has 0 aliphatic heterocycles. The number of hydrogen-bond acceptors (Lipinski definition) is 7. The molecule has 1 aromatic heterocycles. The molecular weight excluding hydrogens is 440 g/mol. The van der Waals surface area contributed by atoms with Gasteiger partial charge in [-0.3, -0.25) is 0 Å². The zero-order valence-electron chi connectivity index (χ0n) is 17.9. The second-order valence-electron chi connectivity index (χ2n) is 6.59. The first-order chi connectivity index (χ1) is 15.5. The van der Waals surface area contributed by atoms with Crippen LogP contribution in [0, 0.1) is 11.6 Å². The van der Waals surface area contributed by atoms with E-state index in [0.29, 0.717) is 23.4 Å². The fraction of sp³-hybridized carbons (Fsp3) is 0.304. The van der Waals surface area contributed by atoms with Gasteiger partial charge in [-0.1, -0.05) is 13.3 Å². The summed E-state index contributed by atoms with van der Waals surface area (Å²) in [7, 11) is 3.10. The van der Waals surface area contributed by atoms with Gasteiger partial charge in [0, 0.05) is 0 Å². The number of halogens is 2. The summed E-state index contributed by atoms with van der Waals surface area (Å²) in [6.45, 7) is 1.97. The predicted octanol–water partition coefficient (Wildman–Crippen LogP) is 5.44. The van der Waals surface area contributed by atoms with Crippen molar-refractivity contribution < 1.29 is 32.6 Å². The van der Waals surface area contributed by atoms with Gasteiger partial charge in [-0.05, 0) is 71.9 Å². The number of rotatable bonds is 9. The summed E-state index contributed by atoms with van der Waals surface area (Å²) < 4.78 is 49.2. The first-order valence-corrected chi connectivity index (χ1v) is 10.5. The van der Waals surface area contributed by atoms with Crippen molar-refractivity contribution in [2.24, 2.45) is 0 Å². The van der Waals surface area contributed by atoms with Crippen LogP contribution in [0.5, 0.6) is 17.4 Å². The van der Waals surface area contributed by atoms with Gasteiger partial charge in [0.25, 0.3) is 0 Å². The molecule has 0 aliphatic rings. The molecule has 0 atom stereocenters. The van der Waals surface area contributed by atoms with Crippen molar-refractivity contribution >= 4 is 17.7 Å². The Morgan fingerprint density at radius 3 is 2.19 bits per heavy atom. The van der Waals surface area contributed by atoms with Crippen molar-refractivity contribution in [3.05, 3.63) is 59.2 Å². The van der Waals surface area contributed by atoms with Crippen molar-refractivity contribution in [3.8, 4) is 27.8 Å². The van der Waals surface area contributed by atoms with Crippen LogP contribution in [0.2, 0.25) is 0 Å². The number of methoxy groups -OCH3 is 2. The van der Waals surface area contributed by atoms with Crippen molar-refractivity contribution in [3.63, 3.8) is 0 Å². The molecule has 3 aromatic rings. The van der Waals surface area contributed by atoms with Gasteiger partial charge < -0.3 is 14.2 Å². The Labute approximate surface area is 188 Å². The number of ether oxygens (including phenoxy) is 3. The monoisotopic (exact) mass is 463 g/mol. The molecule has 0 unspecified atom stereocenters. The zero-order valence-corrected chi connectivity index (χ0v) is 18.8. The van der Waals surface area contributed by atoms with E-state index in [4.69, 9.17) is 23.8 Å². The molecule has 1 heterocycles. The number of benzene rings is 2. The van der Waals surface area contributed by atoms with Crippen LogP contribution in [0.25, 0.3) is 10.4 Å². The fourth-order valence-corrected chi connectivity index (χ4v) is 3.83. The second kappa shape index (κ2) is 12.5. The Bertz CT molecular complexity index is 1020. The van der Waals surface area contributed by atoms with Crippen LogP contribution in [-0.2, 0) is 22.6 Å². The van der Waals surface area contributed by atoms with Crippen LogP contribution < -0.4 is 14.2 Å². The minimum absolute atomic E-state index is 0.0663. The standard InChI is InChI=1S/C22H23F2NO3S.CO2/c1-4-5-6-14-11-18(23)20(19(24)12-14)28-13-17-21(29-25-22(17)27-3)15-7-9-16(26-2)10-8-15;2-1-3/h7-12H,4-6,13H2,1-3H3;. The summed E-state index contributed by atoms with van der Waals surface area (Å²) in [6.07, 6.45) is 2.72. The predicted molar refractivity (Wildman–Crippen MR) is 115 cm³/mol. The quantitative estimate of drug-likeness (QED) is 0.420. The maximum Gasteiger partial charge on any atom is 0.373 e. The lowest BCUT2D eigenvalue weighted by molar-refractivity contribution is -0.191. The van der Waals surface area contributed by atoms with E-state index in [1.54, 1.807) is 7.11 Å². The van der Waals surface area contributed by atoms with Crippen molar-refractivity contribution in [2.45, 2.75) is 32.8 Å². The van der Waals surface area contributed by atoms with Gasteiger partial charge in [-0.15, -0.1) is 0 Å². The molecule has 0 N–H and O–H groups in total. The number of hydrogen-bond donors (Lipinski definition) is 0. The van der Waals surface area contributed by atoms with Crippen molar-refractivity contribution in [1.82, 2.24) is 4.37 Å². The number of unbranched alkanes of at least 4 members (excludes halogenated alkanes) is 1. The van der Waals surface area contributed by atoms with Crippen LogP contribution in [0.1, 0.15) is 30.9 Å². The van der Waals surface area contributed by atoms with Gasteiger partial charge in [0.1, 0.15) is 12.4 Å². The lowest BCUT2D eigenvalue weighted by atomic mass is 10.1. The molecule has 170 valence electrons. The number of nitrogens with zero attached hydrogens (tertiary/aromatic N) is 1.